The molecule has 0 aromatic heterocycles. The van der Waals surface area contributed by atoms with Crippen molar-refractivity contribution in [3.8, 4) is 0 Å². The van der Waals surface area contributed by atoms with E-state index >= 15 is 0 Å². The normalized spacial score (nSPS) is 22.7. The van der Waals surface area contributed by atoms with Crippen molar-refractivity contribution >= 4 is 5.91 Å². The van der Waals surface area contributed by atoms with Gasteiger partial charge in [0.05, 0.1) is 0 Å². The first kappa shape index (κ1) is 15.4. The summed E-state index contributed by atoms with van der Waals surface area (Å²) in [6.07, 6.45) is 5.33. The zero-order chi connectivity index (χ0) is 13.4. The maximum Gasteiger partial charge on any atom is 0.221 e. The van der Waals surface area contributed by atoms with Crippen molar-refractivity contribution in [3.05, 3.63) is 0 Å². The number of likely N-dealkylation sites (tertiary alicyclic amines) is 1. The summed E-state index contributed by atoms with van der Waals surface area (Å²) < 4.78 is 0. The molecule has 2 unspecified atom stereocenters. The molecule has 3 N–H and O–H groups in total. The van der Waals surface area contributed by atoms with E-state index in [2.05, 4.69) is 24.1 Å². The standard InChI is InChI=1S/C14H29N3O/c1-3-7-16-14(18)9-13(10-15)17-8-5-6-12(4-2)11-17/h12-13H,3-11,15H2,1-2H3,(H,16,18). The first-order valence-corrected chi connectivity index (χ1v) is 7.42. The first-order valence-electron chi connectivity index (χ1n) is 7.42. The number of nitrogens with two attached hydrogens (primary N) is 1. The molecule has 1 amide bonds. The summed E-state index contributed by atoms with van der Waals surface area (Å²) in [6.45, 7) is 7.87. The molecule has 1 fully saturated rings. The fourth-order valence-corrected chi connectivity index (χ4v) is 2.67. The van der Waals surface area contributed by atoms with Crippen LogP contribution in [0.4, 0.5) is 0 Å². The molecule has 1 saturated heterocycles. The highest BCUT2D eigenvalue weighted by molar-refractivity contribution is 5.76. The summed E-state index contributed by atoms with van der Waals surface area (Å²) in [7, 11) is 0. The molecule has 0 aromatic rings. The number of nitrogens with one attached hydrogen (secondary N) is 1. The van der Waals surface area contributed by atoms with E-state index in [0.717, 1.165) is 32.0 Å². The minimum Gasteiger partial charge on any atom is -0.356 e. The lowest BCUT2D eigenvalue weighted by Gasteiger charge is -2.37. The average molecular weight is 255 g/mol. The maximum atomic E-state index is 11.8. The largest absolute Gasteiger partial charge is 0.356 e. The third kappa shape index (κ3) is 4.94. The Labute approximate surface area is 111 Å². The molecule has 0 spiro atoms. The quantitative estimate of drug-likeness (QED) is 0.722. The van der Waals surface area contributed by atoms with Crippen molar-refractivity contribution in [3.63, 3.8) is 0 Å². The van der Waals surface area contributed by atoms with E-state index in [1.165, 1.54) is 19.3 Å². The average Bonchev–Trinajstić information content (AvgIpc) is 2.42. The number of hydrogen-bond acceptors (Lipinski definition) is 3. The van der Waals surface area contributed by atoms with Crippen LogP contribution in [0.2, 0.25) is 0 Å². The Morgan fingerprint density at radius 1 is 1.50 bits per heavy atom. The highest BCUT2D eigenvalue weighted by Gasteiger charge is 2.25. The second kappa shape index (κ2) is 8.48. The van der Waals surface area contributed by atoms with Gasteiger partial charge in [0.1, 0.15) is 0 Å². The van der Waals surface area contributed by atoms with Gasteiger partial charge < -0.3 is 11.1 Å². The van der Waals surface area contributed by atoms with Crippen LogP contribution in [0.3, 0.4) is 0 Å². The molecule has 2 atom stereocenters. The number of hydrogen-bond donors (Lipinski definition) is 2. The summed E-state index contributed by atoms with van der Waals surface area (Å²) in [5.74, 6) is 0.928. The van der Waals surface area contributed by atoms with Gasteiger partial charge in [-0.15, -0.1) is 0 Å². The van der Waals surface area contributed by atoms with Crippen molar-refractivity contribution in [2.24, 2.45) is 11.7 Å². The number of amides is 1. The van der Waals surface area contributed by atoms with Gasteiger partial charge in [0.2, 0.25) is 5.91 Å². The first-order chi connectivity index (χ1) is 8.71. The van der Waals surface area contributed by atoms with Crippen molar-refractivity contribution in [2.45, 2.75) is 52.0 Å². The minimum atomic E-state index is 0.144. The van der Waals surface area contributed by atoms with Crippen LogP contribution >= 0.6 is 0 Å². The lowest BCUT2D eigenvalue weighted by atomic mass is 9.94. The highest BCUT2D eigenvalue weighted by atomic mass is 16.1. The maximum absolute atomic E-state index is 11.8. The van der Waals surface area contributed by atoms with Crippen LogP contribution in [0.1, 0.15) is 46.0 Å². The summed E-state index contributed by atoms with van der Waals surface area (Å²) in [5, 5.41) is 2.94. The van der Waals surface area contributed by atoms with Crippen LogP contribution < -0.4 is 11.1 Å². The lowest BCUT2D eigenvalue weighted by molar-refractivity contribution is -0.122. The van der Waals surface area contributed by atoms with Crippen LogP contribution in [0.15, 0.2) is 0 Å². The van der Waals surface area contributed by atoms with E-state index in [1.807, 2.05) is 0 Å². The number of carbonyl (C=O) groups is 1. The Balaban J connectivity index is 2.41. The Morgan fingerprint density at radius 3 is 2.89 bits per heavy atom. The third-order valence-electron chi connectivity index (χ3n) is 3.91. The van der Waals surface area contributed by atoms with Gasteiger partial charge in [-0.05, 0) is 31.7 Å². The second-order valence-electron chi connectivity index (χ2n) is 5.36. The molecular weight excluding hydrogens is 226 g/mol. The van der Waals surface area contributed by atoms with E-state index in [9.17, 15) is 4.79 Å². The zero-order valence-electron chi connectivity index (χ0n) is 12.0. The van der Waals surface area contributed by atoms with E-state index in [0.29, 0.717) is 13.0 Å². The lowest BCUT2D eigenvalue weighted by Crippen LogP contribution is -2.48. The van der Waals surface area contributed by atoms with Crippen molar-refractivity contribution in [1.29, 1.82) is 0 Å². The summed E-state index contributed by atoms with van der Waals surface area (Å²) in [4.78, 5) is 14.2. The highest BCUT2D eigenvalue weighted by Crippen LogP contribution is 2.21. The minimum absolute atomic E-state index is 0.144. The Bertz CT molecular complexity index is 245. The number of rotatable bonds is 7. The van der Waals surface area contributed by atoms with Gasteiger partial charge in [-0.1, -0.05) is 20.3 Å². The van der Waals surface area contributed by atoms with Gasteiger partial charge in [-0.3, -0.25) is 9.69 Å². The molecule has 4 heteroatoms. The third-order valence-corrected chi connectivity index (χ3v) is 3.91. The fourth-order valence-electron chi connectivity index (χ4n) is 2.67. The molecule has 4 nitrogen and oxygen atoms in total. The van der Waals surface area contributed by atoms with Crippen LogP contribution in [-0.4, -0.2) is 43.0 Å². The fraction of sp³-hybridized carbons (Fsp3) is 0.929. The predicted octanol–water partition coefficient (Wildman–Crippen LogP) is 1.35. The Hall–Kier alpha value is -0.610. The van der Waals surface area contributed by atoms with E-state index in [4.69, 9.17) is 5.73 Å². The summed E-state index contributed by atoms with van der Waals surface area (Å²) in [6, 6.07) is 0.219. The number of piperidine rings is 1. The Kier molecular flexibility index (Phi) is 7.28. The van der Waals surface area contributed by atoms with Gasteiger partial charge in [-0.25, -0.2) is 0 Å². The molecule has 0 saturated carbocycles. The molecule has 1 rings (SSSR count). The van der Waals surface area contributed by atoms with Crippen molar-refractivity contribution < 1.29 is 4.79 Å². The zero-order valence-corrected chi connectivity index (χ0v) is 12.0. The predicted molar refractivity (Wildman–Crippen MR) is 75.3 cm³/mol. The smallest absolute Gasteiger partial charge is 0.221 e. The molecule has 1 heterocycles. The van der Waals surface area contributed by atoms with Crippen LogP contribution in [0.5, 0.6) is 0 Å². The van der Waals surface area contributed by atoms with E-state index in [-0.39, 0.29) is 11.9 Å². The number of nitrogens with zero attached hydrogens (tertiary/aromatic N) is 1. The molecule has 0 aromatic carbocycles. The summed E-state index contributed by atoms with van der Waals surface area (Å²) >= 11 is 0. The Morgan fingerprint density at radius 2 is 2.28 bits per heavy atom. The second-order valence-corrected chi connectivity index (χ2v) is 5.36. The SMILES string of the molecule is CCCNC(=O)CC(CN)N1CCCC(CC)C1. The van der Waals surface area contributed by atoms with Gasteiger partial charge in [0, 0.05) is 32.1 Å². The molecule has 0 bridgehead atoms. The molecule has 0 aliphatic carbocycles. The van der Waals surface area contributed by atoms with Crippen LogP contribution in [0, 0.1) is 5.92 Å². The van der Waals surface area contributed by atoms with Crippen LogP contribution in [0.25, 0.3) is 0 Å². The van der Waals surface area contributed by atoms with Gasteiger partial charge >= 0.3 is 0 Å². The van der Waals surface area contributed by atoms with E-state index in [1.54, 1.807) is 0 Å². The van der Waals surface area contributed by atoms with Gasteiger partial charge in [0.15, 0.2) is 0 Å². The van der Waals surface area contributed by atoms with E-state index < -0.39 is 0 Å². The van der Waals surface area contributed by atoms with Crippen molar-refractivity contribution in [2.75, 3.05) is 26.2 Å². The summed E-state index contributed by atoms with van der Waals surface area (Å²) in [5.41, 5.74) is 5.85. The molecule has 1 aliphatic rings. The molecule has 0 radical (unpaired) electrons. The number of carbonyl (C=O) groups excluding carboxylic acids is 1. The van der Waals surface area contributed by atoms with Gasteiger partial charge in [-0.2, -0.15) is 0 Å². The molecular formula is C14H29N3O. The van der Waals surface area contributed by atoms with Crippen molar-refractivity contribution in [1.82, 2.24) is 10.2 Å². The monoisotopic (exact) mass is 255 g/mol. The molecule has 18 heavy (non-hydrogen) atoms. The van der Waals surface area contributed by atoms with Gasteiger partial charge in [0.25, 0.3) is 0 Å². The van der Waals surface area contributed by atoms with Crippen LogP contribution in [-0.2, 0) is 4.79 Å². The molecule has 106 valence electrons. The topological polar surface area (TPSA) is 58.4 Å². The molecule has 1 aliphatic heterocycles.